The molecule has 1 saturated heterocycles. The van der Waals surface area contributed by atoms with Gasteiger partial charge in [-0.15, -0.1) is 0 Å². The fourth-order valence-corrected chi connectivity index (χ4v) is 4.77. The lowest BCUT2D eigenvalue weighted by atomic mass is 10.0. The van der Waals surface area contributed by atoms with E-state index in [4.69, 9.17) is 0 Å². The summed E-state index contributed by atoms with van der Waals surface area (Å²) in [4.78, 5) is 33.7. The van der Waals surface area contributed by atoms with E-state index in [1.54, 1.807) is 26.1 Å². The highest BCUT2D eigenvalue weighted by Gasteiger charge is 2.33. The van der Waals surface area contributed by atoms with Crippen LogP contribution in [0, 0.1) is 18.7 Å². The summed E-state index contributed by atoms with van der Waals surface area (Å²) in [6, 6.07) is 3.02. The molecule has 3 rings (SSSR count). The van der Waals surface area contributed by atoms with E-state index in [-0.39, 0.29) is 29.4 Å². The van der Waals surface area contributed by atoms with E-state index in [1.165, 1.54) is 12.1 Å². The zero-order valence-electron chi connectivity index (χ0n) is 19.7. The molecule has 174 valence electrons. The lowest BCUT2D eigenvalue weighted by Gasteiger charge is -2.41. The Morgan fingerprint density at radius 3 is 2.56 bits per heavy atom. The number of hydrogen-bond donors (Lipinski definition) is 1. The Hall–Kier alpha value is -2.54. The maximum Gasteiger partial charge on any atom is 0.273 e. The second-order valence-corrected chi connectivity index (χ2v) is 8.85. The zero-order chi connectivity index (χ0) is 23.3. The van der Waals surface area contributed by atoms with E-state index in [2.05, 4.69) is 22.1 Å². The van der Waals surface area contributed by atoms with Crippen LogP contribution in [-0.4, -0.2) is 53.5 Å². The molecule has 32 heavy (non-hydrogen) atoms. The molecule has 1 aliphatic heterocycles. The van der Waals surface area contributed by atoms with Crippen LogP contribution in [0.25, 0.3) is 0 Å². The summed E-state index contributed by atoms with van der Waals surface area (Å²) in [5, 5.41) is 2.79. The third-order valence-electron chi connectivity index (χ3n) is 6.60. The summed E-state index contributed by atoms with van der Waals surface area (Å²) >= 11 is 0. The van der Waals surface area contributed by atoms with Gasteiger partial charge in [0.15, 0.2) is 0 Å². The normalized spacial score (nSPS) is 20.8. The van der Waals surface area contributed by atoms with Gasteiger partial charge in [-0.25, -0.2) is 4.39 Å². The van der Waals surface area contributed by atoms with Crippen LogP contribution < -0.4 is 5.32 Å². The van der Waals surface area contributed by atoms with E-state index in [9.17, 15) is 14.0 Å². The van der Waals surface area contributed by atoms with Crippen molar-refractivity contribution in [1.82, 2.24) is 9.80 Å². The summed E-state index contributed by atoms with van der Waals surface area (Å²) in [6.07, 6.45) is 7.52. The number of piperazine rings is 1. The molecule has 0 aromatic heterocycles. The summed E-state index contributed by atoms with van der Waals surface area (Å²) in [5.41, 5.74) is 2.42. The van der Waals surface area contributed by atoms with Gasteiger partial charge in [0.1, 0.15) is 11.5 Å². The number of carbonyl (C=O) groups excluding carboxylic acids is 2. The highest BCUT2D eigenvalue weighted by molar-refractivity contribution is 6.04. The van der Waals surface area contributed by atoms with Crippen molar-refractivity contribution in [2.45, 2.75) is 66.0 Å². The maximum atomic E-state index is 14.4. The monoisotopic (exact) mass is 442 g/mol. The Morgan fingerprint density at radius 2 is 1.94 bits per heavy atom. The minimum absolute atomic E-state index is 0.133. The lowest BCUT2D eigenvalue weighted by molar-refractivity contribution is -0.140. The van der Waals surface area contributed by atoms with Gasteiger partial charge in [-0.3, -0.25) is 19.5 Å². The fourth-order valence-electron chi connectivity index (χ4n) is 4.77. The van der Waals surface area contributed by atoms with Crippen molar-refractivity contribution in [3.05, 3.63) is 40.8 Å². The SMILES string of the molecule is CC=NC(=CC)C(=O)Nc1cc(F)cc(CN2CCN(C(=O)C3CCCC3)C(C)C2)c1C. The molecule has 1 N–H and O–H groups in total. The van der Waals surface area contributed by atoms with Crippen molar-refractivity contribution < 1.29 is 14.0 Å². The fraction of sp³-hybridized carbons (Fsp3) is 0.560. The third kappa shape index (κ3) is 5.63. The molecular formula is C25H35FN4O2. The van der Waals surface area contributed by atoms with Gasteiger partial charge in [0.25, 0.3) is 5.91 Å². The van der Waals surface area contributed by atoms with Gasteiger partial charge in [-0.05, 0) is 63.8 Å². The summed E-state index contributed by atoms with van der Waals surface area (Å²) in [6.45, 7) is 10.3. The molecule has 2 fully saturated rings. The topological polar surface area (TPSA) is 65.0 Å². The number of carbonyl (C=O) groups is 2. The number of rotatable bonds is 6. The van der Waals surface area contributed by atoms with Gasteiger partial charge >= 0.3 is 0 Å². The van der Waals surface area contributed by atoms with Gasteiger partial charge in [0, 0.05) is 50.0 Å². The Kier molecular flexibility index (Phi) is 8.18. The van der Waals surface area contributed by atoms with Crippen molar-refractivity contribution in [3.8, 4) is 0 Å². The van der Waals surface area contributed by atoms with Crippen LogP contribution in [0.1, 0.15) is 57.6 Å². The van der Waals surface area contributed by atoms with Gasteiger partial charge in [0.2, 0.25) is 5.91 Å². The first-order chi connectivity index (χ1) is 15.3. The predicted molar refractivity (Wildman–Crippen MR) is 126 cm³/mol. The molecule has 0 radical (unpaired) electrons. The number of hydrogen-bond acceptors (Lipinski definition) is 4. The molecule has 6 nitrogen and oxygen atoms in total. The maximum absolute atomic E-state index is 14.4. The first-order valence-electron chi connectivity index (χ1n) is 11.6. The van der Waals surface area contributed by atoms with Gasteiger partial charge < -0.3 is 10.2 Å². The average Bonchev–Trinajstić information content (AvgIpc) is 3.30. The van der Waals surface area contributed by atoms with Crippen molar-refractivity contribution in [2.24, 2.45) is 10.9 Å². The molecule has 1 aromatic carbocycles. The largest absolute Gasteiger partial charge is 0.337 e. The number of nitrogens with one attached hydrogen (secondary N) is 1. The van der Waals surface area contributed by atoms with E-state index >= 15 is 0 Å². The Bertz CT molecular complexity index is 905. The number of benzene rings is 1. The minimum Gasteiger partial charge on any atom is -0.337 e. The first-order valence-corrected chi connectivity index (χ1v) is 11.6. The van der Waals surface area contributed by atoms with E-state index < -0.39 is 0 Å². The number of halogens is 1. The summed E-state index contributed by atoms with van der Waals surface area (Å²) in [5.74, 6) is -0.251. The number of allylic oxidation sites excluding steroid dienone is 1. The van der Waals surface area contributed by atoms with Crippen LogP contribution in [0.3, 0.4) is 0 Å². The van der Waals surface area contributed by atoms with E-state index in [0.717, 1.165) is 49.9 Å². The van der Waals surface area contributed by atoms with Crippen LogP contribution in [0.2, 0.25) is 0 Å². The third-order valence-corrected chi connectivity index (χ3v) is 6.60. The Morgan fingerprint density at radius 1 is 1.22 bits per heavy atom. The van der Waals surface area contributed by atoms with Crippen molar-refractivity contribution in [1.29, 1.82) is 0 Å². The summed E-state index contributed by atoms with van der Waals surface area (Å²) < 4.78 is 14.4. The van der Waals surface area contributed by atoms with E-state index in [1.807, 2.05) is 11.8 Å². The molecule has 1 saturated carbocycles. The standard InChI is InChI=1S/C25H35FN4O2/c1-5-22(27-6-2)24(31)28-23-14-21(26)13-20(18(23)4)16-29-11-12-30(17(3)15-29)25(32)19-9-7-8-10-19/h5-6,13-14,17,19H,7-12,15-16H2,1-4H3,(H,28,31). The van der Waals surface area contributed by atoms with Crippen LogP contribution in [-0.2, 0) is 16.1 Å². The molecule has 1 unspecified atom stereocenters. The van der Waals surface area contributed by atoms with Crippen LogP contribution in [0.4, 0.5) is 10.1 Å². The number of nitrogens with zero attached hydrogens (tertiary/aromatic N) is 3. The first kappa shape index (κ1) is 24.1. The molecule has 2 aliphatic rings. The van der Waals surface area contributed by atoms with Crippen molar-refractivity contribution in [2.75, 3.05) is 25.0 Å². The van der Waals surface area contributed by atoms with Crippen LogP contribution in [0.15, 0.2) is 28.9 Å². The molecular weight excluding hydrogens is 407 g/mol. The molecule has 1 aliphatic carbocycles. The molecule has 7 heteroatoms. The molecule has 1 aromatic rings. The highest BCUT2D eigenvalue weighted by atomic mass is 19.1. The van der Waals surface area contributed by atoms with Crippen molar-refractivity contribution >= 4 is 23.7 Å². The van der Waals surface area contributed by atoms with Crippen LogP contribution >= 0.6 is 0 Å². The molecule has 1 heterocycles. The smallest absolute Gasteiger partial charge is 0.273 e. The Balaban J connectivity index is 1.67. The molecule has 0 bridgehead atoms. The van der Waals surface area contributed by atoms with E-state index in [0.29, 0.717) is 24.7 Å². The number of amides is 2. The van der Waals surface area contributed by atoms with Gasteiger partial charge in [0.05, 0.1) is 0 Å². The average molecular weight is 443 g/mol. The Labute approximate surface area is 190 Å². The zero-order valence-corrected chi connectivity index (χ0v) is 19.7. The predicted octanol–water partition coefficient (Wildman–Crippen LogP) is 4.29. The lowest BCUT2D eigenvalue weighted by Crippen LogP contribution is -2.54. The van der Waals surface area contributed by atoms with Crippen LogP contribution in [0.5, 0.6) is 0 Å². The second-order valence-electron chi connectivity index (χ2n) is 8.85. The molecule has 1 atom stereocenters. The van der Waals surface area contributed by atoms with Gasteiger partial charge in [-0.1, -0.05) is 18.9 Å². The quantitative estimate of drug-likeness (QED) is 0.528. The second kappa shape index (κ2) is 10.9. The van der Waals surface area contributed by atoms with Gasteiger partial charge in [-0.2, -0.15) is 0 Å². The number of anilines is 1. The minimum atomic E-state index is -0.384. The number of aliphatic imine (C=N–C) groups is 1. The molecule has 2 amide bonds. The highest BCUT2D eigenvalue weighted by Crippen LogP contribution is 2.29. The summed E-state index contributed by atoms with van der Waals surface area (Å²) in [7, 11) is 0. The van der Waals surface area contributed by atoms with Crippen molar-refractivity contribution in [3.63, 3.8) is 0 Å². The molecule has 0 spiro atoms.